The van der Waals surface area contributed by atoms with E-state index in [1.54, 1.807) is 0 Å². The molecule has 2 aromatic carbocycles. The number of benzene rings is 2. The molecule has 5 heteroatoms. The van der Waals surface area contributed by atoms with E-state index in [1.165, 1.54) is 28.0 Å². The Hall–Kier alpha value is -2.63. The summed E-state index contributed by atoms with van der Waals surface area (Å²) < 4.78 is 0. The smallest absolute Gasteiger partial charge is 0.268 e. The molecule has 0 N–H and O–H groups in total. The molecule has 0 aliphatic carbocycles. The molecule has 0 spiro atoms. The van der Waals surface area contributed by atoms with Crippen LogP contribution in [0.1, 0.15) is 21.6 Å². The topological polar surface area (TPSA) is 37.4 Å². The van der Waals surface area contributed by atoms with Crippen molar-refractivity contribution in [2.24, 2.45) is 0 Å². The zero-order chi connectivity index (χ0) is 19.7. The number of amides is 2. The van der Waals surface area contributed by atoms with Gasteiger partial charge in [-0.1, -0.05) is 48.5 Å². The van der Waals surface area contributed by atoms with Crippen molar-refractivity contribution >= 4 is 46.2 Å². The van der Waals surface area contributed by atoms with E-state index in [0.717, 1.165) is 21.6 Å². The highest BCUT2D eigenvalue weighted by atomic mass is 32.2. The summed E-state index contributed by atoms with van der Waals surface area (Å²) in [6.07, 6.45) is 0. The summed E-state index contributed by atoms with van der Waals surface area (Å²) in [7, 11) is 0. The lowest BCUT2D eigenvalue weighted by molar-refractivity contribution is -0.119. The average Bonchev–Trinajstić information content (AvgIpc) is 3.30. The van der Waals surface area contributed by atoms with Crippen LogP contribution >= 0.6 is 23.1 Å². The van der Waals surface area contributed by atoms with E-state index < -0.39 is 0 Å². The highest BCUT2D eigenvalue weighted by Crippen LogP contribution is 2.41. The van der Waals surface area contributed by atoms with Crippen molar-refractivity contribution in [3.05, 3.63) is 92.5 Å². The maximum atomic E-state index is 13.3. The van der Waals surface area contributed by atoms with E-state index in [0.29, 0.717) is 21.9 Å². The van der Waals surface area contributed by atoms with Crippen LogP contribution in [0, 0.1) is 13.8 Å². The molecule has 140 valence electrons. The zero-order valence-corrected chi connectivity index (χ0v) is 17.3. The fraction of sp³-hybridized carbons (Fsp3) is 0.130. The number of thiophene rings is 1. The predicted octanol–water partition coefficient (Wildman–Crippen LogP) is 5.58. The van der Waals surface area contributed by atoms with E-state index in [1.807, 2.05) is 79.9 Å². The second kappa shape index (κ2) is 7.78. The SMILES string of the molecule is Cc1cccc(N2C(=O)C(SCc3ccccc3)=C(c3cccs3)C2=O)c1C. The van der Waals surface area contributed by atoms with Crippen molar-refractivity contribution in [3.63, 3.8) is 0 Å². The number of rotatable bonds is 5. The summed E-state index contributed by atoms with van der Waals surface area (Å²) in [5, 5.41) is 1.93. The summed E-state index contributed by atoms with van der Waals surface area (Å²) in [4.78, 5) is 29.4. The Bertz CT molecular complexity index is 1070. The maximum Gasteiger partial charge on any atom is 0.272 e. The first-order chi connectivity index (χ1) is 13.6. The number of imide groups is 1. The fourth-order valence-electron chi connectivity index (χ4n) is 3.21. The summed E-state index contributed by atoms with van der Waals surface area (Å²) in [5.74, 6) is 0.171. The van der Waals surface area contributed by atoms with Crippen molar-refractivity contribution in [2.75, 3.05) is 4.90 Å². The molecular weight excluding hydrogens is 386 g/mol. The van der Waals surface area contributed by atoms with Gasteiger partial charge in [0.05, 0.1) is 16.2 Å². The molecule has 4 rings (SSSR count). The predicted molar refractivity (Wildman–Crippen MR) is 117 cm³/mol. The van der Waals surface area contributed by atoms with Gasteiger partial charge in [-0.3, -0.25) is 9.59 Å². The second-order valence-corrected chi connectivity index (χ2v) is 8.55. The van der Waals surface area contributed by atoms with Gasteiger partial charge in [0.15, 0.2) is 0 Å². The third kappa shape index (κ3) is 3.32. The van der Waals surface area contributed by atoms with E-state index in [9.17, 15) is 9.59 Å². The molecule has 0 radical (unpaired) electrons. The molecule has 2 heterocycles. The number of aryl methyl sites for hydroxylation is 1. The first-order valence-corrected chi connectivity index (χ1v) is 10.8. The summed E-state index contributed by atoms with van der Waals surface area (Å²) in [6, 6.07) is 19.5. The lowest BCUT2D eigenvalue weighted by atomic mass is 10.1. The van der Waals surface area contributed by atoms with Crippen LogP contribution in [-0.2, 0) is 15.3 Å². The van der Waals surface area contributed by atoms with Crippen LogP contribution in [0.15, 0.2) is 70.9 Å². The van der Waals surface area contributed by atoms with Gasteiger partial charge in [-0.05, 0) is 48.1 Å². The number of carbonyl (C=O) groups is 2. The molecule has 0 saturated heterocycles. The van der Waals surface area contributed by atoms with Crippen molar-refractivity contribution in [1.82, 2.24) is 0 Å². The molecule has 0 bridgehead atoms. The Labute approximate surface area is 172 Å². The Morgan fingerprint density at radius 3 is 2.39 bits per heavy atom. The molecule has 2 amide bonds. The van der Waals surface area contributed by atoms with Crippen LogP contribution in [0.4, 0.5) is 5.69 Å². The molecule has 28 heavy (non-hydrogen) atoms. The van der Waals surface area contributed by atoms with Crippen molar-refractivity contribution in [1.29, 1.82) is 0 Å². The highest BCUT2D eigenvalue weighted by molar-refractivity contribution is 8.03. The lowest BCUT2D eigenvalue weighted by Gasteiger charge is -2.18. The van der Waals surface area contributed by atoms with Gasteiger partial charge in [-0.2, -0.15) is 0 Å². The maximum absolute atomic E-state index is 13.3. The highest BCUT2D eigenvalue weighted by Gasteiger charge is 2.41. The van der Waals surface area contributed by atoms with Gasteiger partial charge in [0.25, 0.3) is 11.8 Å². The van der Waals surface area contributed by atoms with Gasteiger partial charge in [0.1, 0.15) is 0 Å². The number of hydrogen-bond acceptors (Lipinski definition) is 4. The molecule has 3 aromatic rings. The molecule has 0 unspecified atom stereocenters. The number of nitrogens with zero attached hydrogens (tertiary/aromatic N) is 1. The van der Waals surface area contributed by atoms with Crippen LogP contribution in [0.25, 0.3) is 5.57 Å². The minimum Gasteiger partial charge on any atom is -0.268 e. The first kappa shape index (κ1) is 18.7. The van der Waals surface area contributed by atoms with Crippen LogP contribution in [0.5, 0.6) is 0 Å². The van der Waals surface area contributed by atoms with Crippen molar-refractivity contribution < 1.29 is 9.59 Å². The number of carbonyl (C=O) groups excluding carboxylic acids is 2. The number of hydrogen-bond donors (Lipinski definition) is 0. The summed E-state index contributed by atoms with van der Waals surface area (Å²) >= 11 is 2.92. The van der Waals surface area contributed by atoms with Crippen molar-refractivity contribution in [3.8, 4) is 0 Å². The molecule has 0 atom stereocenters. The lowest BCUT2D eigenvalue weighted by Crippen LogP contribution is -2.32. The fourth-order valence-corrected chi connectivity index (χ4v) is 5.10. The number of anilines is 1. The first-order valence-electron chi connectivity index (χ1n) is 8.98. The standard InChI is InChI=1S/C23H19NO2S2/c1-15-8-6-11-18(16(15)2)24-22(25)20(19-12-7-13-27-19)21(23(24)26)28-14-17-9-4-3-5-10-17/h3-13H,14H2,1-2H3. The van der Waals surface area contributed by atoms with Crippen molar-refractivity contribution in [2.45, 2.75) is 19.6 Å². The second-order valence-electron chi connectivity index (χ2n) is 6.62. The zero-order valence-electron chi connectivity index (χ0n) is 15.6. The average molecular weight is 406 g/mol. The van der Waals surface area contributed by atoms with Gasteiger partial charge >= 0.3 is 0 Å². The van der Waals surface area contributed by atoms with Crippen LogP contribution in [0.2, 0.25) is 0 Å². The normalized spacial score (nSPS) is 14.3. The Balaban J connectivity index is 1.74. The van der Waals surface area contributed by atoms with Crippen LogP contribution in [0.3, 0.4) is 0 Å². The largest absolute Gasteiger partial charge is 0.272 e. The Kier molecular flexibility index (Phi) is 5.20. The van der Waals surface area contributed by atoms with E-state index in [2.05, 4.69) is 0 Å². The summed E-state index contributed by atoms with van der Waals surface area (Å²) in [5.41, 5.74) is 4.31. The molecule has 1 aromatic heterocycles. The van der Waals surface area contributed by atoms with E-state index >= 15 is 0 Å². The van der Waals surface area contributed by atoms with E-state index in [4.69, 9.17) is 0 Å². The van der Waals surface area contributed by atoms with Gasteiger partial charge in [0, 0.05) is 10.6 Å². The molecule has 0 fully saturated rings. The molecular formula is C23H19NO2S2. The third-order valence-corrected chi connectivity index (χ3v) is 6.88. The molecule has 0 saturated carbocycles. The quantitative estimate of drug-likeness (QED) is 0.520. The minimum atomic E-state index is -0.239. The summed E-state index contributed by atoms with van der Waals surface area (Å²) in [6.45, 7) is 3.94. The van der Waals surface area contributed by atoms with Crippen LogP contribution < -0.4 is 4.90 Å². The third-order valence-electron chi connectivity index (χ3n) is 4.85. The van der Waals surface area contributed by atoms with Gasteiger partial charge in [-0.15, -0.1) is 23.1 Å². The Morgan fingerprint density at radius 2 is 1.68 bits per heavy atom. The Morgan fingerprint density at radius 1 is 0.893 bits per heavy atom. The molecule has 1 aliphatic rings. The van der Waals surface area contributed by atoms with Crippen LogP contribution in [-0.4, -0.2) is 11.8 Å². The molecule has 3 nitrogen and oxygen atoms in total. The van der Waals surface area contributed by atoms with Gasteiger partial charge < -0.3 is 0 Å². The van der Waals surface area contributed by atoms with Gasteiger partial charge in [-0.25, -0.2) is 4.90 Å². The monoisotopic (exact) mass is 405 g/mol. The minimum absolute atomic E-state index is 0.233. The number of thioether (sulfide) groups is 1. The van der Waals surface area contributed by atoms with E-state index in [-0.39, 0.29) is 11.8 Å². The molecule has 1 aliphatic heterocycles. The van der Waals surface area contributed by atoms with Gasteiger partial charge in [0.2, 0.25) is 0 Å².